The number of isocyanates is 1. The predicted octanol–water partition coefficient (Wildman–Crippen LogP) is 3.49. The third-order valence-corrected chi connectivity index (χ3v) is 4.39. The van der Waals surface area contributed by atoms with Crippen LogP contribution in [0, 0.1) is 6.92 Å². The molecule has 0 aromatic heterocycles. The van der Waals surface area contributed by atoms with Gasteiger partial charge in [0.25, 0.3) is 0 Å². The smallest absolute Gasteiger partial charge is 0.235 e. The summed E-state index contributed by atoms with van der Waals surface area (Å²) in [6, 6.07) is 1.86. The van der Waals surface area contributed by atoms with Crippen molar-refractivity contribution < 1.29 is 14.3 Å². The molecule has 0 aliphatic heterocycles. The van der Waals surface area contributed by atoms with Gasteiger partial charge in [0.2, 0.25) is 6.08 Å². The Bertz CT molecular complexity index is 546. The molecular formula is C14H16BrNO3. The summed E-state index contributed by atoms with van der Waals surface area (Å²) in [5, 5.41) is 0. The summed E-state index contributed by atoms with van der Waals surface area (Å²) in [5.41, 5.74) is 1.50. The van der Waals surface area contributed by atoms with Crippen LogP contribution in [0.3, 0.4) is 0 Å². The van der Waals surface area contributed by atoms with Gasteiger partial charge in [0, 0.05) is 15.6 Å². The number of methoxy groups -OCH3 is 2. The highest BCUT2D eigenvalue weighted by Gasteiger charge is 2.42. The molecule has 0 bridgehead atoms. The van der Waals surface area contributed by atoms with E-state index in [-0.39, 0.29) is 0 Å². The highest BCUT2D eigenvalue weighted by Crippen LogP contribution is 2.51. The average molecular weight is 326 g/mol. The molecule has 1 aromatic carbocycles. The number of rotatable bonds is 4. The van der Waals surface area contributed by atoms with E-state index in [1.807, 2.05) is 13.0 Å². The third kappa shape index (κ3) is 2.17. The molecule has 2 rings (SSSR count). The van der Waals surface area contributed by atoms with Crippen molar-refractivity contribution in [2.24, 2.45) is 4.99 Å². The molecule has 1 aliphatic rings. The SMILES string of the molecule is COc1cc(Br)c(C2(N=C=O)CCC2)c(C)c1OC. The maximum absolute atomic E-state index is 10.7. The van der Waals surface area contributed by atoms with Gasteiger partial charge >= 0.3 is 0 Å². The molecule has 1 aliphatic carbocycles. The van der Waals surface area contributed by atoms with E-state index in [4.69, 9.17) is 9.47 Å². The Kier molecular flexibility index (Phi) is 3.97. The summed E-state index contributed by atoms with van der Waals surface area (Å²) in [6.45, 7) is 1.96. The van der Waals surface area contributed by atoms with Crippen molar-refractivity contribution in [2.45, 2.75) is 31.7 Å². The topological polar surface area (TPSA) is 47.9 Å². The van der Waals surface area contributed by atoms with E-state index in [1.165, 1.54) is 0 Å². The zero-order valence-electron chi connectivity index (χ0n) is 11.2. The Morgan fingerprint density at radius 1 is 1.37 bits per heavy atom. The van der Waals surface area contributed by atoms with Crippen LogP contribution in [0.2, 0.25) is 0 Å². The minimum Gasteiger partial charge on any atom is -0.493 e. The Morgan fingerprint density at radius 3 is 2.47 bits per heavy atom. The lowest BCUT2D eigenvalue weighted by Gasteiger charge is -2.39. The fourth-order valence-electron chi connectivity index (χ4n) is 2.72. The lowest BCUT2D eigenvalue weighted by Crippen LogP contribution is -2.33. The largest absolute Gasteiger partial charge is 0.493 e. The van der Waals surface area contributed by atoms with E-state index in [0.717, 1.165) is 34.9 Å². The standard InChI is InChI=1S/C14H16BrNO3/c1-9-12(14(16-8-17)5-4-6-14)10(15)7-11(18-2)13(9)19-3/h7H,4-6H2,1-3H3. The third-order valence-electron chi connectivity index (χ3n) is 3.77. The molecule has 1 fully saturated rings. The Balaban J connectivity index is 2.67. The average Bonchev–Trinajstić information content (AvgIpc) is 2.34. The van der Waals surface area contributed by atoms with Gasteiger partial charge in [0.1, 0.15) is 0 Å². The number of carbonyl (C=O) groups excluding carboxylic acids is 1. The fraction of sp³-hybridized carbons (Fsp3) is 0.500. The lowest BCUT2D eigenvalue weighted by atomic mass is 9.71. The van der Waals surface area contributed by atoms with Gasteiger partial charge in [-0.05, 0) is 32.3 Å². The summed E-state index contributed by atoms with van der Waals surface area (Å²) in [6.07, 6.45) is 4.49. The molecule has 5 heteroatoms. The van der Waals surface area contributed by atoms with E-state index in [0.29, 0.717) is 11.5 Å². The van der Waals surface area contributed by atoms with Crippen molar-refractivity contribution >= 4 is 22.0 Å². The summed E-state index contributed by atoms with van der Waals surface area (Å²) in [7, 11) is 3.21. The minimum absolute atomic E-state index is 0.454. The van der Waals surface area contributed by atoms with Crippen molar-refractivity contribution in [2.75, 3.05) is 14.2 Å². The molecular weight excluding hydrogens is 310 g/mol. The van der Waals surface area contributed by atoms with Crippen LogP contribution >= 0.6 is 15.9 Å². The minimum atomic E-state index is -0.454. The van der Waals surface area contributed by atoms with Gasteiger partial charge in [-0.25, -0.2) is 4.79 Å². The number of hydrogen-bond donors (Lipinski definition) is 0. The first-order chi connectivity index (χ1) is 9.09. The number of hydrogen-bond acceptors (Lipinski definition) is 4. The van der Waals surface area contributed by atoms with Crippen LogP contribution in [0.1, 0.15) is 30.4 Å². The Morgan fingerprint density at radius 2 is 2.05 bits per heavy atom. The molecule has 19 heavy (non-hydrogen) atoms. The van der Waals surface area contributed by atoms with Crippen LogP contribution < -0.4 is 9.47 Å². The summed E-state index contributed by atoms with van der Waals surface area (Å²) in [5.74, 6) is 1.35. The highest BCUT2D eigenvalue weighted by molar-refractivity contribution is 9.10. The molecule has 4 nitrogen and oxygen atoms in total. The summed E-state index contributed by atoms with van der Waals surface area (Å²) >= 11 is 3.56. The molecule has 0 spiro atoms. The molecule has 0 heterocycles. The van der Waals surface area contributed by atoms with Gasteiger partial charge < -0.3 is 9.47 Å². The maximum Gasteiger partial charge on any atom is 0.235 e. The van der Waals surface area contributed by atoms with Crippen molar-refractivity contribution in [3.05, 3.63) is 21.7 Å². The summed E-state index contributed by atoms with van der Waals surface area (Å²) in [4.78, 5) is 14.8. The number of halogens is 1. The number of benzene rings is 1. The van der Waals surface area contributed by atoms with Gasteiger partial charge in [-0.2, -0.15) is 4.99 Å². The molecule has 0 amide bonds. The Hall–Kier alpha value is -1.32. The van der Waals surface area contributed by atoms with E-state index in [2.05, 4.69) is 20.9 Å². The van der Waals surface area contributed by atoms with Crippen molar-refractivity contribution in [3.8, 4) is 11.5 Å². The number of ether oxygens (including phenoxy) is 2. The first kappa shape index (κ1) is 14.1. The Labute approximate surface area is 120 Å². The second-order valence-electron chi connectivity index (χ2n) is 4.68. The van der Waals surface area contributed by atoms with E-state index >= 15 is 0 Å². The fourth-order valence-corrected chi connectivity index (χ4v) is 3.60. The van der Waals surface area contributed by atoms with Gasteiger partial charge in [0.15, 0.2) is 11.5 Å². The lowest BCUT2D eigenvalue weighted by molar-refractivity contribution is 0.251. The molecule has 0 radical (unpaired) electrons. The van der Waals surface area contributed by atoms with Crippen LogP contribution in [0.4, 0.5) is 0 Å². The summed E-state index contributed by atoms with van der Waals surface area (Å²) < 4.78 is 11.6. The van der Waals surface area contributed by atoms with Crippen LogP contribution in [0.25, 0.3) is 0 Å². The first-order valence-electron chi connectivity index (χ1n) is 6.10. The van der Waals surface area contributed by atoms with Gasteiger partial charge in [-0.3, -0.25) is 0 Å². The van der Waals surface area contributed by atoms with Gasteiger partial charge in [-0.15, -0.1) is 0 Å². The van der Waals surface area contributed by atoms with Crippen molar-refractivity contribution in [1.29, 1.82) is 0 Å². The normalized spacial score (nSPS) is 16.2. The van der Waals surface area contributed by atoms with E-state index < -0.39 is 5.54 Å². The zero-order valence-corrected chi connectivity index (χ0v) is 12.8. The molecule has 0 unspecified atom stereocenters. The molecule has 102 valence electrons. The van der Waals surface area contributed by atoms with Gasteiger partial charge in [0.05, 0.1) is 19.8 Å². The predicted molar refractivity (Wildman–Crippen MR) is 75.6 cm³/mol. The van der Waals surface area contributed by atoms with Crippen LogP contribution in [-0.4, -0.2) is 20.3 Å². The van der Waals surface area contributed by atoms with Crippen molar-refractivity contribution in [3.63, 3.8) is 0 Å². The molecule has 1 saturated carbocycles. The van der Waals surface area contributed by atoms with Crippen molar-refractivity contribution in [1.82, 2.24) is 0 Å². The first-order valence-corrected chi connectivity index (χ1v) is 6.89. The molecule has 0 saturated heterocycles. The van der Waals surface area contributed by atoms with Crippen LogP contribution in [-0.2, 0) is 10.3 Å². The van der Waals surface area contributed by atoms with E-state index in [9.17, 15) is 4.79 Å². The second kappa shape index (κ2) is 5.35. The number of nitrogens with zero attached hydrogens (tertiary/aromatic N) is 1. The van der Waals surface area contributed by atoms with Crippen LogP contribution in [0.5, 0.6) is 11.5 Å². The molecule has 0 atom stereocenters. The van der Waals surface area contributed by atoms with E-state index in [1.54, 1.807) is 20.3 Å². The highest BCUT2D eigenvalue weighted by atomic mass is 79.9. The van der Waals surface area contributed by atoms with Crippen LogP contribution in [0.15, 0.2) is 15.5 Å². The second-order valence-corrected chi connectivity index (χ2v) is 5.54. The monoisotopic (exact) mass is 325 g/mol. The quantitative estimate of drug-likeness (QED) is 0.629. The molecule has 0 N–H and O–H groups in total. The molecule has 1 aromatic rings. The number of aliphatic imine (C=N–C) groups is 1. The zero-order chi connectivity index (χ0) is 14.0. The maximum atomic E-state index is 10.7. The van der Waals surface area contributed by atoms with Gasteiger partial charge in [-0.1, -0.05) is 15.9 Å².